The van der Waals surface area contributed by atoms with Crippen molar-refractivity contribution in [3.8, 4) is 5.75 Å². The first-order valence-corrected chi connectivity index (χ1v) is 9.91. The predicted molar refractivity (Wildman–Crippen MR) is 110 cm³/mol. The van der Waals surface area contributed by atoms with Crippen LogP contribution >= 0.6 is 0 Å². The van der Waals surface area contributed by atoms with Gasteiger partial charge >= 0.3 is 0 Å². The van der Waals surface area contributed by atoms with Crippen molar-refractivity contribution < 1.29 is 14.3 Å². The van der Waals surface area contributed by atoms with E-state index in [4.69, 9.17) is 9.47 Å². The lowest BCUT2D eigenvalue weighted by molar-refractivity contribution is -0.139. The number of hydrogen-bond donors (Lipinski definition) is 1. The molecule has 0 saturated carbocycles. The molecule has 0 fully saturated rings. The molecule has 5 nitrogen and oxygen atoms in total. The zero-order chi connectivity index (χ0) is 19.9. The van der Waals surface area contributed by atoms with Gasteiger partial charge in [0.2, 0.25) is 0 Å². The lowest BCUT2D eigenvalue weighted by Gasteiger charge is -2.28. The van der Waals surface area contributed by atoms with Crippen molar-refractivity contribution in [3.63, 3.8) is 0 Å². The summed E-state index contributed by atoms with van der Waals surface area (Å²) in [6.45, 7) is 10.4. The summed E-state index contributed by atoms with van der Waals surface area (Å²) in [4.78, 5) is 17.5. The summed E-state index contributed by atoms with van der Waals surface area (Å²) in [6, 6.07) is 7.54. The van der Waals surface area contributed by atoms with Gasteiger partial charge in [0.1, 0.15) is 16.9 Å². The molecule has 1 heterocycles. The molecule has 1 N–H and O–H groups in total. The van der Waals surface area contributed by atoms with Crippen LogP contribution in [0.25, 0.3) is 10.9 Å². The zero-order valence-electron chi connectivity index (χ0n) is 17.2. The highest BCUT2D eigenvalue weighted by Gasteiger charge is 2.33. The largest absolute Gasteiger partial charge is 0.489 e. The fourth-order valence-electron chi connectivity index (χ4n) is 3.14. The van der Waals surface area contributed by atoms with Crippen LogP contribution in [-0.2, 0) is 9.53 Å². The third-order valence-corrected chi connectivity index (χ3v) is 4.54. The van der Waals surface area contributed by atoms with Crippen LogP contribution in [0.2, 0.25) is 0 Å². The lowest BCUT2D eigenvalue weighted by Crippen LogP contribution is -2.42. The number of rotatable bonds is 10. The van der Waals surface area contributed by atoms with Crippen LogP contribution in [0.15, 0.2) is 30.5 Å². The van der Waals surface area contributed by atoms with Gasteiger partial charge in [0.05, 0.1) is 11.8 Å². The van der Waals surface area contributed by atoms with Crippen molar-refractivity contribution in [2.75, 3.05) is 11.9 Å². The van der Waals surface area contributed by atoms with Crippen LogP contribution in [0, 0.1) is 0 Å². The maximum absolute atomic E-state index is 13.0. The first-order chi connectivity index (χ1) is 12.9. The summed E-state index contributed by atoms with van der Waals surface area (Å²) in [5.74, 6) is 0.595. The monoisotopic (exact) mass is 372 g/mol. The number of pyridine rings is 1. The Kier molecular flexibility index (Phi) is 7.60. The number of carbonyl (C=O) groups is 1. The van der Waals surface area contributed by atoms with E-state index in [2.05, 4.69) is 17.2 Å². The van der Waals surface area contributed by atoms with Gasteiger partial charge in [-0.1, -0.05) is 26.2 Å². The Morgan fingerprint density at radius 3 is 2.67 bits per heavy atom. The number of aromatic nitrogens is 1. The number of nitrogens with one attached hydrogen (secondary N) is 1. The van der Waals surface area contributed by atoms with Crippen LogP contribution in [0.1, 0.15) is 60.3 Å². The second kappa shape index (κ2) is 9.70. The van der Waals surface area contributed by atoms with Gasteiger partial charge in [-0.15, -0.1) is 0 Å². The topological polar surface area (TPSA) is 60.5 Å². The molecule has 1 aromatic carbocycles. The summed E-state index contributed by atoms with van der Waals surface area (Å²) in [5, 5.41) is 3.92. The second-order valence-electron chi connectivity index (χ2n) is 7.25. The molecule has 0 bridgehead atoms. The molecule has 5 heteroatoms. The van der Waals surface area contributed by atoms with Gasteiger partial charge in [-0.3, -0.25) is 9.78 Å². The molecule has 1 aromatic heterocycles. The summed E-state index contributed by atoms with van der Waals surface area (Å²) in [7, 11) is 0. The lowest BCUT2D eigenvalue weighted by atomic mass is 9.96. The molecular formula is C22H32N2O3. The van der Waals surface area contributed by atoms with Gasteiger partial charge in [-0.05, 0) is 58.4 Å². The van der Waals surface area contributed by atoms with E-state index in [1.165, 1.54) is 0 Å². The highest BCUT2D eigenvalue weighted by atomic mass is 16.5. The molecule has 0 unspecified atom stereocenters. The fraction of sp³-hybridized carbons (Fsp3) is 0.545. The van der Waals surface area contributed by atoms with E-state index in [0.29, 0.717) is 18.8 Å². The average Bonchev–Trinajstić information content (AvgIpc) is 2.63. The number of fused-ring (bicyclic) bond motifs is 1. The summed E-state index contributed by atoms with van der Waals surface area (Å²) < 4.78 is 11.7. The van der Waals surface area contributed by atoms with Gasteiger partial charge in [-0.2, -0.15) is 0 Å². The SMILES string of the molecule is CCCCC[C@@](C)(OCC)C(=O)Nc1ccc(OC(C)C)c2ncccc12. The smallest absolute Gasteiger partial charge is 0.256 e. The van der Waals surface area contributed by atoms with E-state index < -0.39 is 5.60 Å². The molecule has 1 amide bonds. The number of carbonyl (C=O) groups excluding carboxylic acids is 1. The van der Waals surface area contributed by atoms with Crippen LogP contribution in [0.5, 0.6) is 5.75 Å². The van der Waals surface area contributed by atoms with Gasteiger partial charge < -0.3 is 14.8 Å². The fourth-order valence-corrected chi connectivity index (χ4v) is 3.14. The summed E-state index contributed by atoms with van der Waals surface area (Å²) in [6.07, 6.45) is 5.64. The van der Waals surface area contributed by atoms with E-state index in [1.54, 1.807) is 6.20 Å². The number of ether oxygens (including phenoxy) is 2. The van der Waals surface area contributed by atoms with Gasteiger partial charge in [0, 0.05) is 18.2 Å². The number of amides is 1. The molecule has 0 aliphatic carbocycles. The standard InChI is InChI=1S/C22H32N2O3/c1-6-8-9-14-22(5,26-7-2)21(25)24-18-12-13-19(27-16(3)4)20-17(18)11-10-15-23-20/h10-13,15-16H,6-9,14H2,1-5H3,(H,24,25)/t22-/m1/s1. The van der Waals surface area contributed by atoms with E-state index in [-0.39, 0.29) is 12.0 Å². The maximum Gasteiger partial charge on any atom is 0.256 e. The predicted octanol–water partition coefficient (Wildman–Crippen LogP) is 5.34. The quantitative estimate of drug-likeness (QED) is 0.572. The van der Waals surface area contributed by atoms with Gasteiger partial charge in [-0.25, -0.2) is 0 Å². The number of hydrogen-bond acceptors (Lipinski definition) is 4. The number of unbranched alkanes of at least 4 members (excludes halogenated alkanes) is 2. The molecule has 27 heavy (non-hydrogen) atoms. The van der Waals surface area contributed by atoms with Crippen LogP contribution in [0.4, 0.5) is 5.69 Å². The van der Waals surface area contributed by atoms with Crippen molar-refractivity contribution in [2.24, 2.45) is 0 Å². The molecular weight excluding hydrogens is 340 g/mol. The summed E-state index contributed by atoms with van der Waals surface area (Å²) >= 11 is 0. The molecule has 148 valence electrons. The Hall–Kier alpha value is -2.14. The highest BCUT2D eigenvalue weighted by Crippen LogP contribution is 2.32. The normalized spacial score (nSPS) is 13.6. The first-order valence-electron chi connectivity index (χ1n) is 9.91. The van der Waals surface area contributed by atoms with Crippen molar-refractivity contribution in [1.82, 2.24) is 4.98 Å². The van der Waals surface area contributed by atoms with Crippen LogP contribution in [0.3, 0.4) is 0 Å². The molecule has 0 aliphatic heterocycles. The second-order valence-corrected chi connectivity index (χ2v) is 7.25. The van der Waals surface area contributed by atoms with Crippen molar-refractivity contribution >= 4 is 22.5 Å². The molecule has 0 aliphatic rings. The Morgan fingerprint density at radius 2 is 2.00 bits per heavy atom. The molecule has 0 radical (unpaired) electrons. The molecule has 2 rings (SSSR count). The molecule has 0 saturated heterocycles. The first kappa shape index (κ1) is 21.2. The minimum atomic E-state index is -0.842. The number of nitrogens with zero attached hydrogens (tertiary/aromatic N) is 1. The maximum atomic E-state index is 13.0. The summed E-state index contributed by atoms with van der Waals surface area (Å²) in [5.41, 5.74) is 0.625. The minimum absolute atomic E-state index is 0.0514. The minimum Gasteiger partial charge on any atom is -0.489 e. The van der Waals surface area contributed by atoms with Gasteiger partial charge in [0.25, 0.3) is 5.91 Å². The average molecular weight is 373 g/mol. The van der Waals surface area contributed by atoms with E-state index in [1.807, 2.05) is 52.0 Å². The van der Waals surface area contributed by atoms with E-state index in [0.717, 1.165) is 35.9 Å². The Bertz CT molecular complexity index is 760. The Labute approximate surface area is 162 Å². The Morgan fingerprint density at radius 1 is 1.22 bits per heavy atom. The Balaban J connectivity index is 2.29. The van der Waals surface area contributed by atoms with Crippen LogP contribution < -0.4 is 10.1 Å². The number of benzene rings is 1. The van der Waals surface area contributed by atoms with Crippen molar-refractivity contribution in [2.45, 2.75) is 72.0 Å². The van der Waals surface area contributed by atoms with Crippen molar-refractivity contribution in [1.29, 1.82) is 0 Å². The van der Waals surface area contributed by atoms with Crippen LogP contribution in [-0.4, -0.2) is 29.2 Å². The number of anilines is 1. The molecule has 2 aromatic rings. The molecule has 1 atom stereocenters. The molecule has 0 spiro atoms. The van der Waals surface area contributed by atoms with E-state index >= 15 is 0 Å². The van der Waals surface area contributed by atoms with E-state index in [9.17, 15) is 4.79 Å². The highest BCUT2D eigenvalue weighted by molar-refractivity contribution is 6.05. The zero-order valence-corrected chi connectivity index (χ0v) is 17.2. The third kappa shape index (κ3) is 5.42. The third-order valence-electron chi connectivity index (χ3n) is 4.54. The van der Waals surface area contributed by atoms with Crippen molar-refractivity contribution in [3.05, 3.63) is 30.5 Å². The van der Waals surface area contributed by atoms with Gasteiger partial charge in [0.15, 0.2) is 0 Å².